The summed E-state index contributed by atoms with van der Waals surface area (Å²) < 4.78 is 8.86. The summed E-state index contributed by atoms with van der Waals surface area (Å²) in [7, 11) is 1.58. The van der Waals surface area contributed by atoms with Crippen LogP contribution in [-0.2, 0) is 13.6 Å². The Labute approximate surface area is 186 Å². The van der Waals surface area contributed by atoms with E-state index in [1.165, 1.54) is 10.1 Å². The average Bonchev–Trinajstić information content (AvgIpc) is 3.13. The summed E-state index contributed by atoms with van der Waals surface area (Å²) >= 11 is 0. The minimum Gasteiger partial charge on any atom is -0.491 e. The predicted octanol–water partition coefficient (Wildman–Crippen LogP) is 1.72. The number of aromatic amines is 1. The van der Waals surface area contributed by atoms with E-state index in [4.69, 9.17) is 4.74 Å². The Morgan fingerprint density at radius 3 is 2.78 bits per heavy atom. The number of hydrogen-bond acceptors (Lipinski definition) is 6. The number of hydrogen-bond donors (Lipinski definition) is 2. The highest BCUT2D eigenvalue weighted by Crippen LogP contribution is 2.25. The lowest BCUT2D eigenvalue weighted by Crippen LogP contribution is -2.37. The standard InChI is InChI=1S/C23H31N5O4/c1-14-6-5-9-27(11-14)22-24-20-19(21(30)25-23(31)26(20)4)28(22)12-17(29)13-32-18-8-7-15(2)16(3)10-18/h7-8,10,14,17,29H,5-6,9,11-13H2,1-4H3,(H,25,30,31). The summed E-state index contributed by atoms with van der Waals surface area (Å²) in [5.41, 5.74) is 1.87. The fourth-order valence-electron chi connectivity index (χ4n) is 4.27. The number of H-pyrrole nitrogens is 1. The van der Waals surface area contributed by atoms with Gasteiger partial charge in [-0.15, -0.1) is 0 Å². The third-order valence-electron chi connectivity index (χ3n) is 6.24. The highest BCUT2D eigenvalue weighted by molar-refractivity contribution is 5.74. The number of aliphatic hydroxyl groups excluding tert-OH is 1. The molecule has 0 aliphatic carbocycles. The molecule has 0 bridgehead atoms. The van der Waals surface area contributed by atoms with E-state index in [1.54, 1.807) is 11.6 Å². The first-order valence-electron chi connectivity index (χ1n) is 11.1. The molecule has 1 aromatic carbocycles. The molecule has 1 aliphatic heterocycles. The molecule has 0 spiro atoms. The van der Waals surface area contributed by atoms with Crippen LogP contribution >= 0.6 is 0 Å². The van der Waals surface area contributed by atoms with Crippen LogP contribution in [0.2, 0.25) is 0 Å². The van der Waals surface area contributed by atoms with Gasteiger partial charge in [-0.2, -0.15) is 4.98 Å². The third kappa shape index (κ3) is 4.29. The number of fused-ring (bicyclic) bond motifs is 1. The molecular weight excluding hydrogens is 410 g/mol. The number of aliphatic hydroxyl groups is 1. The van der Waals surface area contributed by atoms with E-state index in [0.717, 1.165) is 31.5 Å². The number of imidazole rings is 1. The van der Waals surface area contributed by atoms with Gasteiger partial charge in [0.15, 0.2) is 11.2 Å². The van der Waals surface area contributed by atoms with Gasteiger partial charge in [-0.25, -0.2) is 4.79 Å². The molecule has 2 aromatic heterocycles. The lowest BCUT2D eigenvalue weighted by molar-refractivity contribution is 0.0935. The van der Waals surface area contributed by atoms with E-state index in [2.05, 4.69) is 21.8 Å². The molecule has 0 radical (unpaired) electrons. The number of nitrogens with one attached hydrogen (secondary N) is 1. The topological polar surface area (TPSA) is 105 Å². The first kappa shape index (κ1) is 22.1. The molecule has 1 aliphatic rings. The molecule has 1 saturated heterocycles. The number of piperidine rings is 1. The highest BCUT2D eigenvalue weighted by Gasteiger charge is 2.26. The van der Waals surface area contributed by atoms with Gasteiger partial charge in [-0.3, -0.25) is 14.3 Å². The molecule has 3 aromatic rings. The van der Waals surface area contributed by atoms with E-state index in [1.807, 2.05) is 32.0 Å². The van der Waals surface area contributed by atoms with Gasteiger partial charge in [-0.05, 0) is 55.9 Å². The van der Waals surface area contributed by atoms with Crippen molar-refractivity contribution in [2.24, 2.45) is 13.0 Å². The van der Waals surface area contributed by atoms with E-state index < -0.39 is 17.4 Å². The van der Waals surface area contributed by atoms with Crippen LogP contribution in [0.5, 0.6) is 5.75 Å². The number of rotatable bonds is 6. The van der Waals surface area contributed by atoms with E-state index >= 15 is 0 Å². The normalized spacial score (nSPS) is 17.7. The Morgan fingerprint density at radius 1 is 1.28 bits per heavy atom. The molecule has 4 rings (SSSR count). The van der Waals surface area contributed by atoms with Gasteiger partial charge >= 0.3 is 5.69 Å². The molecule has 3 heterocycles. The first-order valence-corrected chi connectivity index (χ1v) is 11.1. The van der Waals surface area contributed by atoms with Crippen molar-refractivity contribution < 1.29 is 9.84 Å². The number of benzene rings is 1. The van der Waals surface area contributed by atoms with Crippen LogP contribution in [0.4, 0.5) is 5.95 Å². The Hall–Kier alpha value is -3.07. The fraction of sp³-hybridized carbons (Fsp3) is 0.522. The van der Waals surface area contributed by atoms with Gasteiger partial charge in [0, 0.05) is 20.1 Å². The summed E-state index contributed by atoms with van der Waals surface area (Å²) in [6.07, 6.45) is 1.30. The molecule has 2 unspecified atom stereocenters. The van der Waals surface area contributed by atoms with Gasteiger partial charge in [0.05, 0.1) is 6.54 Å². The summed E-state index contributed by atoms with van der Waals surface area (Å²) in [5, 5.41) is 10.8. The van der Waals surface area contributed by atoms with Gasteiger partial charge in [0.25, 0.3) is 5.56 Å². The summed E-state index contributed by atoms with van der Waals surface area (Å²) in [6.45, 7) is 8.06. The lowest BCUT2D eigenvalue weighted by atomic mass is 10.0. The van der Waals surface area contributed by atoms with Gasteiger partial charge < -0.3 is 19.3 Å². The molecule has 32 heavy (non-hydrogen) atoms. The zero-order valence-electron chi connectivity index (χ0n) is 19.1. The van der Waals surface area contributed by atoms with E-state index in [9.17, 15) is 14.7 Å². The number of aromatic nitrogens is 4. The van der Waals surface area contributed by atoms with Gasteiger partial charge in [0.2, 0.25) is 5.95 Å². The van der Waals surface area contributed by atoms with E-state index in [-0.39, 0.29) is 18.7 Å². The number of anilines is 1. The van der Waals surface area contributed by atoms with Crippen molar-refractivity contribution in [1.82, 2.24) is 19.1 Å². The Kier molecular flexibility index (Phi) is 6.10. The van der Waals surface area contributed by atoms with Gasteiger partial charge in [-0.1, -0.05) is 13.0 Å². The van der Waals surface area contributed by atoms with Crippen LogP contribution in [0, 0.1) is 19.8 Å². The van der Waals surface area contributed by atoms with Crippen molar-refractivity contribution in [1.29, 1.82) is 0 Å². The monoisotopic (exact) mass is 441 g/mol. The number of aryl methyl sites for hydroxylation is 3. The Morgan fingerprint density at radius 2 is 2.06 bits per heavy atom. The van der Waals surface area contributed by atoms with Crippen molar-refractivity contribution in [2.75, 3.05) is 24.6 Å². The van der Waals surface area contributed by atoms with Crippen molar-refractivity contribution in [3.63, 3.8) is 0 Å². The van der Waals surface area contributed by atoms with Crippen molar-refractivity contribution in [3.8, 4) is 5.75 Å². The SMILES string of the molecule is Cc1ccc(OCC(O)Cn2c(N3CCCC(C)C3)nc3c2c(=O)[nH]c(=O)n3C)cc1C. The van der Waals surface area contributed by atoms with Gasteiger partial charge in [0.1, 0.15) is 18.5 Å². The highest BCUT2D eigenvalue weighted by atomic mass is 16.5. The maximum absolute atomic E-state index is 12.7. The molecule has 9 heteroatoms. The largest absolute Gasteiger partial charge is 0.491 e. The molecular formula is C23H31N5O4. The molecule has 9 nitrogen and oxygen atoms in total. The quantitative estimate of drug-likeness (QED) is 0.603. The molecule has 172 valence electrons. The summed E-state index contributed by atoms with van der Waals surface area (Å²) in [5.74, 6) is 1.79. The van der Waals surface area contributed by atoms with Crippen LogP contribution in [0.15, 0.2) is 27.8 Å². The average molecular weight is 442 g/mol. The Bertz CT molecular complexity index is 1240. The van der Waals surface area contributed by atoms with Crippen molar-refractivity contribution in [3.05, 3.63) is 50.2 Å². The minimum absolute atomic E-state index is 0.0711. The molecule has 0 amide bonds. The van der Waals surface area contributed by atoms with Crippen molar-refractivity contribution >= 4 is 17.1 Å². The smallest absolute Gasteiger partial charge is 0.329 e. The summed E-state index contributed by atoms with van der Waals surface area (Å²) in [6, 6.07) is 5.80. The minimum atomic E-state index is -0.869. The van der Waals surface area contributed by atoms with E-state index in [0.29, 0.717) is 23.3 Å². The maximum atomic E-state index is 12.7. The second kappa shape index (κ2) is 8.82. The second-order valence-electron chi connectivity index (χ2n) is 8.92. The zero-order valence-corrected chi connectivity index (χ0v) is 19.1. The zero-order chi connectivity index (χ0) is 23.0. The number of nitrogens with zero attached hydrogens (tertiary/aromatic N) is 4. The first-order chi connectivity index (χ1) is 15.2. The third-order valence-corrected chi connectivity index (χ3v) is 6.24. The fourth-order valence-corrected chi connectivity index (χ4v) is 4.27. The van der Waals surface area contributed by atoms with Crippen LogP contribution in [0.25, 0.3) is 11.2 Å². The van der Waals surface area contributed by atoms with Crippen LogP contribution < -0.4 is 20.9 Å². The van der Waals surface area contributed by atoms with Crippen LogP contribution in [0.3, 0.4) is 0 Å². The molecule has 0 saturated carbocycles. The predicted molar refractivity (Wildman–Crippen MR) is 124 cm³/mol. The van der Waals surface area contributed by atoms with Crippen molar-refractivity contribution in [2.45, 2.75) is 46.3 Å². The summed E-state index contributed by atoms with van der Waals surface area (Å²) in [4.78, 5) is 34.0. The molecule has 1 fully saturated rings. The molecule has 2 atom stereocenters. The Balaban J connectivity index is 1.65. The second-order valence-corrected chi connectivity index (χ2v) is 8.92. The maximum Gasteiger partial charge on any atom is 0.329 e. The molecule has 2 N–H and O–H groups in total. The van der Waals surface area contributed by atoms with Crippen LogP contribution in [0.1, 0.15) is 30.9 Å². The number of ether oxygens (including phenoxy) is 1. The lowest BCUT2D eigenvalue weighted by Gasteiger charge is -2.32. The van der Waals surface area contributed by atoms with Crippen LogP contribution in [-0.4, -0.2) is 50.0 Å².